The highest BCUT2D eigenvalue weighted by Gasteiger charge is 2.23. The number of nitrogens with zero attached hydrogens (tertiary/aromatic N) is 2. The Morgan fingerprint density at radius 1 is 0.382 bits per heavy atom. The maximum Gasteiger partial charge on any atom is 0.143 e. The molecule has 11 rings (SSSR count). The summed E-state index contributed by atoms with van der Waals surface area (Å²) in [6, 6.07) is 73.9. The lowest BCUT2D eigenvalue weighted by molar-refractivity contribution is 0.673. The van der Waals surface area contributed by atoms with Crippen molar-refractivity contribution in [3.05, 3.63) is 206 Å². The fourth-order valence-electron chi connectivity index (χ4n) is 8.56. The monoisotopic (exact) mass is 702 g/mol. The summed E-state index contributed by atoms with van der Waals surface area (Å²) in [6.45, 7) is 0. The molecule has 0 amide bonds. The fourth-order valence-corrected chi connectivity index (χ4v) is 8.56. The third kappa shape index (κ3) is 4.98. The largest absolute Gasteiger partial charge is 0.455 e. The molecule has 0 saturated heterocycles. The number of benzene rings is 9. The topological polar surface area (TPSA) is 21.3 Å². The molecule has 0 aliphatic rings. The minimum Gasteiger partial charge on any atom is -0.455 e. The number of fused-ring (bicyclic) bond motifs is 8. The first-order valence-corrected chi connectivity index (χ1v) is 18.8. The van der Waals surface area contributed by atoms with Gasteiger partial charge in [-0.15, -0.1) is 0 Å². The molecule has 9 aromatic carbocycles. The molecule has 0 aliphatic carbocycles. The summed E-state index contributed by atoms with van der Waals surface area (Å²) < 4.78 is 9.04. The quantitative estimate of drug-likeness (QED) is 0.172. The van der Waals surface area contributed by atoms with E-state index < -0.39 is 0 Å². The van der Waals surface area contributed by atoms with Crippen LogP contribution in [-0.4, -0.2) is 4.57 Å². The summed E-state index contributed by atoms with van der Waals surface area (Å²) in [6.07, 6.45) is 0. The SMILES string of the molecule is c1ccc(-c2ccccc2N(c2ccc(-n3c4ccccc4c4ccccc43)cc2)c2ccccc2-c2cccc3oc4c5ccccc5ccc4c23)cc1. The van der Waals surface area contributed by atoms with E-state index in [-0.39, 0.29) is 0 Å². The summed E-state index contributed by atoms with van der Waals surface area (Å²) >= 11 is 0. The molecule has 0 bridgehead atoms. The molecule has 0 fully saturated rings. The Bertz CT molecular complexity index is 3150. The molecular formula is C52H34N2O. The van der Waals surface area contributed by atoms with E-state index in [0.29, 0.717) is 0 Å². The third-order valence-corrected chi connectivity index (χ3v) is 11.0. The van der Waals surface area contributed by atoms with E-state index >= 15 is 0 Å². The molecule has 0 aliphatic heterocycles. The van der Waals surface area contributed by atoms with Crippen molar-refractivity contribution in [3.63, 3.8) is 0 Å². The second-order valence-corrected chi connectivity index (χ2v) is 14.1. The van der Waals surface area contributed by atoms with E-state index in [0.717, 1.165) is 72.3 Å². The van der Waals surface area contributed by atoms with Crippen LogP contribution in [0.5, 0.6) is 0 Å². The highest BCUT2D eigenvalue weighted by molar-refractivity contribution is 6.20. The molecule has 258 valence electrons. The average Bonchev–Trinajstić information content (AvgIpc) is 3.81. The van der Waals surface area contributed by atoms with Gasteiger partial charge in [-0.3, -0.25) is 0 Å². The normalized spacial score (nSPS) is 11.6. The standard InChI is InChI=1S/C52H34N2O/c1-2-15-35(16-3-1)39-18-6-10-24-46(39)53(37-30-32-38(33-31-37)54-47-25-11-7-20-41(47)42-21-8-12-26-48(42)54)49-27-13-9-22-43(49)44-23-14-28-50-51(44)45-34-29-36-17-4-5-19-40(36)52(45)55-50/h1-34H. The van der Waals surface area contributed by atoms with Gasteiger partial charge in [0.15, 0.2) is 0 Å². The number of aromatic nitrogens is 1. The molecule has 2 aromatic heterocycles. The Hall–Kier alpha value is -7.36. The lowest BCUT2D eigenvalue weighted by atomic mass is 9.95. The second kappa shape index (κ2) is 12.6. The van der Waals surface area contributed by atoms with Gasteiger partial charge in [-0.25, -0.2) is 0 Å². The van der Waals surface area contributed by atoms with Gasteiger partial charge in [0.05, 0.1) is 22.4 Å². The second-order valence-electron chi connectivity index (χ2n) is 14.1. The number of hydrogen-bond donors (Lipinski definition) is 0. The molecule has 11 aromatic rings. The van der Waals surface area contributed by atoms with Gasteiger partial charge in [0.1, 0.15) is 11.2 Å². The average molecular weight is 703 g/mol. The summed E-state index contributed by atoms with van der Waals surface area (Å²) in [5.74, 6) is 0. The van der Waals surface area contributed by atoms with Gasteiger partial charge in [0.25, 0.3) is 0 Å². The maximum atomic E-state index is 6.67. The Morgan fingerprint density at radius 3 is 1.71 bits per heavy atom. The van der Waals surface area contributed by atoms with Gasteiger partial charge in [0.2, 0.25) is 0 Å². The first-order valence-electron chi connectivity index (χ1n) is 18.8. The Labute approximate surface area is 318 Å². The highest BCUT2D eigenvalue weighted by Crippen LogP contribution is 2.47. The number of hydrogen-bond acceptors (Lipinski definition) is 2. The van der Waals surface area contributed by atoms with Crippen molar-refractivity contribution in [3.8, 4) is 27.9 Å². The molecule has 0 spiro atoms. The molecule has 0 unspecified atom stereocenters. The van der Waals surface area contributed by atoms with Gasteiger partial charge >= 0.3 is 0 Å². The fraction of sp³-hybridized carbons (Fsp3) is 0. The van der Waals surface area contributed by atoms with Crippen LogP contribution in [-0.2, 0) is 0 Å². The van der Waals surface area contributed by atoms with E-state index in [1.807, 2.05) is 0 Å². The molecule has 0 atom stereocenters. The van der Waals surface area contributed by atoms with Crippen molar-refractivity contribution < 1.29 is 4.42 Å². The van der Waals surface area contributed by atoms with Crippen molar-refractivity contribution in [1.29, 1.82) is 0 Å². The number of anilines is 3. The van der Waals surface area contributed by atoms with Crippen LogP contribution in [0.3, 0.4) is 0 Å². The van der Waals surface area contributed by atoms with Gasteiger partial charge in [-0.05, 0) is 77.2 Å². The highest BCUT2D eigenvalue weighted by atomic mass is 16.3. The Balaban J connectivity index is 1.14. The summed E-state index contributed by atoms with van der Waals surface area (Å²) in [5, 5.41) is 7.03. The lowest BCUT2D eigenvalue weighted by Gasteiger charge is -2.30. The predicted molar refractivity (Wildman–Crippen MR) is 231 cm³/mol. The molecule has 3 nitrogen and oxygen atoms in total. The first-order chi connectivity index (χ1) is 27.3. The molecule has 2 heterocycles. The predicted octanol–water partition coefficient (Wildman–Crippen LogP) is 14.6. The minimum atomic E-state index is 0.880. The van der Waals surface area contributed by atoms with Crippen LogP contribution in [0.1, 0.15) is 0 Å². The smallest absolute Gasteiger partial charge is 0.143 e. The van der Waals surface area contributed by atoms with Crippen molar-refractivity contribution >= 4 is 71.6 Å². The van der Waals surface area contributed by atoms with E-state index in [4.69, 9.17) is 4.42 Å². The van der Waals surface area contributed by atoms with E-state index in [2.05, 4.69) is 216 Å². The van der Waals surface area contributed by atoms with Crippen LogP contribution in [0.4, 0.5) is 17.1 Å². The Kier molecular flexibility index (Phi) is 7.17. The van der Waals surface area contributed by atoms with Crippen LogP contribution in [0.15, 0.2) is 211 Å². The lowest BCUT2D eigenvalue weighted by Crippen LogP contribution is -2.12. The third-order valence-electron chi connectivity index (χ3n) is 11.0. The molecule has 55 heavy (non-hydrogen) atoms. The van der Waals surface area contributed by atoms with Crippen LogP contribution in [0.25, 0.3) is 82.5 Å². The van der Waals surface area contributed by atoms with Crippen LogP contribution in [0, 0.1) is 0 Å². The molecular weight excluding hydrogens is 669 g/mol. The number of para-hydroxylation sites is 4. The van der Waals surface area contributed by atoms with Crippen LogP contribution >= 0.6 is 0 Å². The van der Waals surface area contributed by atoms with Crippen LogP contribution < -0.4 is 4.90 Å². The van der Waals surface area contributed by atoms with Crippen molar-refractivity contribution in [1.82, 2.24) is 4.57 Å². The van der Waals surface area contributed by atoms with Gasteiger partial charge < -0.3 is 13.9 Å². The zero-order valence-corrected chi connectivity index (χ0v) is 29.9. The summed E-state index contributed by atoms with van der Waals surface area (Å²) in [7, 11) is 0. The van der Waals surface area contributed by atoms with Crippen LogP contribution in [0.2, 0.25) is 0 Å². The Morgan fingerprint density at radius 2 is 0.964 bits per heavy atom. The molecule has 3 heteroatoms. The van der Waals surface area contributed by atoms with Gasteiger partial charge in [-0.2, -0.15) is 0 Å². The minimum absolute atomic E-state index is 0.880. The summed E-state index contributed by atoms with van der Waals surface area (Å²) in [4.78, 5) is 2.42. The number of rotatable bonds is 6. The van der Waals surface area contributed by atoms with E-state index in [1.54, 1.807) is 0 Å². The zero-order valence-electron chi connectivity index (χ0n) is 29.9. The summed E-state index contributed by atoms with van der Waals surface area (Å²) in [5.41, 5.74) is 13.1. The molecule has 0 radical (unpaired) electrons. The first kappa shape index (κ1) is 31.2. The zero-order chi connectivity index (χ0) is 36.3. The number of furan rings is 1. The molecule has 0 saturated carbocycles. The maximum absolute atomic E-state index is 6.67. The van der Waals surface area contributed by atoms with Crippen molar-refractivity contribution in [2.75, 3.05) is 4.90 Å². The van der Waals surface area contributed by atoms with E-state index in [1.165, 1.54) is 27.2 Å². The van der Waals surface area contributed by atoms with Gasteiger partial charge in [-0.1, -0.05) is 146 Å². The van der Waals surface area contributed by atoms with Crippen molar-refractivity contribution in [2.24, 2.45) is 0 Å². The molecule has 0 N–H and O–H groups in total. The van der Waals surface area contributed by atoms with Gasteiger partial charge in [0, 0.05) is 49.4 Å². The van der Waals surface area contributed by atoms with E-state index in [9.17, 15) is 0 Å². The van der Waals surface area contributed by atoms with Crippen molar-refractivity contribution in [2.45, 2.75) is 0 Å².